The first-order valence-electron chi connectivity index (χ1n) is 4.78. The highest BCUT2D eigenvalue weighted by atomic mass is 31.3. The fourth-order valence-corrected chi connectivity index (χ4v) is 6.75. The monoisotopic (exact) mass is 258 g/mol. The smallest absolute Gasteiger partial charge is 0.190 e. The molecule has 2 fully saturated rings. The Morgan fingerprint density at radius 3 is 1.67 bits per heavy atom. The molecule has 0 radical (unpaired) electrons. The van der Waals surface area contributed by atoms with Crippen molar-refractivity contribution in [3.8, 4) is 0 Å². The van der Waals surface area contributed by atoms with E-state index < -0.39 is 15.9 Å². The molecule has 2 unspecified atom stereocenters. The molecule has 0 saturated carbocycles. The van der Waals surface area contributed by atoms with Gasteiger partial charge in [-0.15, -0.1) is 0 Å². The molecule has 2 aliphatic heterocycles. The van der Waals surface area contributed by atoms with Gasteiger partial charge >= 0.3 is 21.8 Å². The van der Waals surface area contributed by atoms with Crippen LogP contribution in [0.15, 0.2) is 0 Å². The average Bonchev–Trinajstić information content (AvgIpc) is 2.57. The topological polar surface area (TPSA) is 77.4 Å². The first-order valence-corrected chi connectivity index (χ1v) is 8.31. The molecule has 2 heterocycles. The Labute approximate surface area is 89.6 Å². The van der Waals surface area contributed by atoms with Crippen LogP contribution < -0.4 is 0 Å². The summed E-state index contributed by atoms with van der Waals surface area (Å²) in [6.45, 7) is 4.30. The van der Waals surface area contributed by atoms with Crippen molar-refractivity contribution in [2.75, 3.05) is 19.1 Å². The minimum atomic E-state index is -2.97. The van der Waals surface area contributed by atoms with E-state index >= 15 is 0 Å². The number of hydrogen-bond acceptors (Lipinski definition) is 6. The maximum absolute atomic E-state index is 9.95. The Morgan fingerprint density at radius 2 is 1.40 bits per heavy atom. The zero-order chi connectivity index (χ0) is 11.1. The van der Waals surface area contributed by atoms with Crippen LogP contribution in [0.25, 0.3) is 0 Å². The Kier molecular flexibility index (Phi) is 3.33. The van der Waals surface area contributed by atoms with Gasteiger partial charge in [-0.05, 0) is 13.8 Å². The zero-order valence-corrected chi connectivity index (χ0v) is 10.5. The van der Waals surface area contributed by atoms with E-state index in [0.717, 1.165) is 0 Å². The van der Waals surface area contributed by atoms with E-state index in [2.05, 4.69) is 0 Å². The van der Waals surface area contributed by atoms with E-state index in [0.29, 0.717) is 13.2 Å². The molecule has 0 aromatic rings. The van der Waals surface area contributed by atoms with Crippen molar-refractivity contribution in [1.29, 1.82) is 0 Å². The van der Waals surface area contributed by atoms with Gasteiger partial charge in [-0.1, -0.05) is 0 Å². The lowest BCUT2D eigenvalue weighted by molar-refractivity contribution is 0.242. The molecule has 0 aromatic carbocycles. The van der Waals surface area contributed by atoms with E-state index in [1.54, 1.807) is 13.8 Å². The Bertz CT molecular complexity index is 230. The van der Waals surface area contributed by atoms with Crippen LogP contribution in [0, 0.1) is 0 Å². The zero-order valence-electron chi connectivity index (χ0n) is 8.70. The molecule has 15 heavy (non-hydrogen) atoms. The van der Waals surface area contributed by atoms with Gasteiger partial charge in [0.05, 0.1) is 0 Å². The molecule has 2 N–H and O–H groups in total. The van der Waals surface area contributed by atoms with Crippen LogP contribution in [0.4, 0.5) is 0 Å². The third kappa shape index (κ3) is 2.84. The molecular weight excluding hydrogens is 242 g/mol. The lowest BCUT2D eigenvalue weighted by atomic mass is 10.5. The van der Waals surface area contributed by atoms with Gasteiger partial charge in [-0.2, -0.15) is 27.9 Å². The van der Waals surface area contributed by atoms with E-state index in [1.165, 1.54) is 0 Å². The van der Waals surface area contributed by atoms with Crippen molar-refractivity contribution >= 4 is 15.9 Å². The van der Waals surface area contributed by atoms with Crippen molar-refractivity contribution in [3.05, 3.63) is 0 Å². The van der Waals surface area contributed by atoms with Gasteiger partial charge in [0, 0.05) is 0 Å². The van der Waals surface area contributed by atoms with Gasteiger partial charge in [-0.3, -0.25) is 0 Å². The second-order valence-corrected chi connectivity index (χ2v) is 8.46. The molecular formula is C7H16O6P2+2. The second kappa shape index (κ2) is 4.13. The number of hydrogen-bond donors (Lipinski definition) is 2. The van der Waals surface area contributed by atoms with Gasteiger partial charge in [0.25, 0.3) is 0 Å². The largest absolute Gasteiger partial charge is 0.457 e. The molecule has 2 aliphatic rings. The van der Waals surface area contributed by atoms with Crippen molar-refractivity contribution in [2.24, 2.45) is 0 Å². The molecule has 6 nitrogen and oxygen atoms in total. The third-order valence-corrected chi connectivity index (χ3v) is 7.41. The normalized spacial score (nSPS) is 51.2. The predicted octanol–water partition coefficient (Wildman–Crippen LogP) is 1.32. The van der Waals surface area contributed by atoms with Crippen LogP contribution in [0.3, 0.4) is 0 Å². The summed E-state index contributed by atoms with van der Waals surface area (Å²) >= 11 is 0. The van der Waals surface area contributed by atoms with Crippen LogP contribution in [0.1, 0.15) is 13.8 Å². The van der Waals surface area contributed by atoms with Gasteiger partial charge in [-0.25, -0.2) is 0 Å². The Hall–Kier alpha value is 0.620. The summed E-state index contributed by atoms with van der Waals surface area (Å²) < 4.78 is 20.9. The first kappa shape index (κ1) is 12.1. The molecule has 0 amide bonds. The molecule has 0 spiro atoms. The molecule has 2 saturated heterocycles. The minimum absolute atomic E-state index is 0.0608. The van der Waals surface area contributed by atoms with Crippen LogP contribution in [-0.2, 0) is 18.1 Å². The molecule has 0 bridgehead atoms. The average molecular weight is 258 g/mol. The summed E-state index contributed by atoms with van der Waals surface area (Å²) in [7, 11) is -5.94. The van der Waals surface area contributed by atoms with Crippen LogP contribution in [-0.4, -0.2) is 41.1 Å². The maximum Gasteiger partial charge on any atom is 0.457 e. The molecule has 2 rings (SSSR count). The molecule has 88 valence electrons. The second-order valence-electron chi connectivity index (χ2n) is 3.84. The van der Waals surface area contributed by atoms with Crippen molar-refractivity contribution in [2.45, 2.75) is 26.1 Å². The standard InChI is InChI=1S/C7H16O6P2/c1-6-3-10-14(8,12-6)5-15(9)11-4-7(2)13-15/h6-9H,3-5H2,1-2H3/q+2/t6-,7-,14?,15?/m1/s1. The summed E-state index contributed by atoms with van der Waals surface area (Å²) in [5.74, 6) is -0.0608. The van der Waals surface area contributed by atoms with Crippen LogP contribution >= 0.6 is 15.9 Å². The molecule has 0 aromatic heterocycles. The maximum atomic E-state index is 9.95. The summed E-state index contributed by atoms with van der Waals surface area (Å²) in [6, 6.07) is 0. The summed E-state index contributed by atoms with van der Waals surface area (Å²) in [4.78, 5) is 19.9. The minimum Gasteiger partial charge on any atom is -0.190 e. The van der Waals surface area contributed by atoms with Crippen molar-refractivity contribution in [1.82, 2.24) is 0 Å². The highest BCUT2D eigenvalue weighted by Crippen LogP contribution is 2.76. The highest BCUT2D eigenvalue weighted by Gasteiger charge is 2.65. The van der Waals surface area contributed by atoms with Crippen LogP contribution in [0.5, 0.6) is 0 Å². The van der Waals surface area contributed by atoms with Crippen molar-refractivity contribution in [3.63, 3.8) is 0 Å². The van der Waals surface area contributed by atoms with Crippen LogP contribution in [0.2, 0.25) is 0 Å². The lowest BCUT2D eigenvalue weighted by Crippen LogP contribution is -2.06. The highest BCUT2D eigenvalue weighted by molar-refractivity contribution is 7.78. The Morgan fingerprint density at radius 1 is 1.00 bits per heavy atom. The van der Waals surface area contributed by atoms with Crippen molar-refractivity contribution < 1.29 is 27.9 Å². The van der Waals surface area contributed by atoms with E-state index in [-0.39, 0.29) is 18.1 Å². The summed E-state index contributed by atoms with van der Waals surface area (Å²) in [5.41, 5.74) is 0. The molecule has 4 atom stereocenters. The van der Waals surface area contributed by atoms with Gasteiger partial charge in [0.1, 0.15) is 25.4 Å². The van der Waals surface area contributed by atoms with E-state index in [9.17, 15) is 9.79 Å². The summed E-state index contributed by atoms with van der Waals surface area (Å²) in [6.07, 6.45) is -0.287. The molecule has 8 heteroatoms. The quantitative estimate of drug-likeness (QED) is 0.727. The predicted molar refractivity (Wildman–Crippen MR) is 56.1 cm³/mol. The number of rotatable bonds is 2. The van der Waals surface area contributed by atoms with Gasteiger partial charge < -0.3 is 0 Å². The van der Waals surface area contributed by atoms with Gasteiger partial charge in [0.15, 0.2) is 0 Å². The summed E-state index contributed by atoms with van der Waals surface area (Å²) in [5, 5.41) is 0. The fraction of sp³-hybridized carbons (Fsp3) is 1.00. The van der Waals surface area contributed by atoms with E-state index in [1.807, 2.05) is 0 Å². The lowest BCUT2D eigenvalue weighted by Gasteiger charge is -2.12. The molecule has 0 aliphatic carbocycles. The fourth-order valence-electron chi connectivity index (χ4n) is 1.50. The third-order valence-electron chi connectivity index (χ3n) is 2.07. The SMILES string of the molecule is C[C@@H]1CO[P+](O)(C[P+]2(O)OC[C@@H](C)O2)O1. The van der Waals surface area contributed by atoms with E-state index in [4.69, 9.17) is 18.1 Å². The van der Waals surface area contributed by atoms with Gasteiger partial charge in [0.2, 0.25) is 0 Å². The Balaban J connectivity index is 1.96. The first-order chi connectivity index (χ1) is 6.91.